The lowest BCUT2D eigenvalue weighted by molar-refractivity contribution is 0.342. The average molecular weight is 286 g/mol. The first-order chi connectivity index (χ1) is 9.85. The minimum absolute atomic E-state index is 0.0974. The summed E-state index contributed by atoms with van der Waals surface area (Å²) in [5.74, 6) is 0.688. The van der Waals surface area contributed by atoms with Crippen molar-refractivity contribution in [2.45, 2.75) is 47.5 Å². The monoisotopic (exact) mass is 286 g/mol. The molecule has 116 valence electrons. The maximum Gasteiger partial charge on any atom is 0.0617 e. The first-order valence-electron chi connectivity index (χ1n) is 7.88. The molecule has 1 atom stereocenters. The second kappa shape index (κ2) is 8.19. The number of allylic oxidation sites excluding steroid dienone is 9. The van der Waals surface area contributed by atoms with Crippen molar-refractivity contribution >= 4 is 0 Å². The summed E-state index contributed by atoms with van der Waals surface area (Å²) in [5.41, 5.74) is 4.06. The van der Waals surface area contributed by atoms with Gasteiger partial charge in [-0.05, 0) is 43.6 Å². The van der Waals surface area contributed by atoms with Gasteiger partial charge >= 0.3 is 0 Å². The van der Waals surface area contributed by atoms with Crippen LogP contribution in [0.25, 0.3) is 0 Å². The summed E-state index contributed by atoms with van der Waals surface area (Å²) >= 11 is 0. The van der Waals surface area contributed by atoms with Crippen LogP contribution in [-0.4, -0.2) is 11.7 Å². The Morgan fingerprint density at radius 3 is 2.67 bits per heavy atom. The normalized spacial score (nSPS) is 23.9. The van der Waals surface area contributed by atoms with Gasteiger partial charge in [-0.1, -0.05) is 74.4 Å². The molecule has 0 spiro atoms. The van der Waals surface area contributed by atoms with E-state index in [1.165, 1.54) is 24.0 Å². The number of hydrogen-bond acceptors (Lipinski definition) is 1. The van der Waals surface area contributed by atoms with Gasteiger partial charge < -0.3 is 5.11 Å². The van der Waals surface area contributed by atoms with Gasteiger partial charge in [-0.2, -0.15) is 0 Å². The molecular weight excluding hydrogens is 256 g/mol. The Kier molecular flexibility index (Phi) is 6.91. The standard InChI is InChI=1S/C20H30O/c1-16(7-6-8-17(2)12-14-21)9-10-19-15-18(3)11-13-20(19,4)5/h6-10,12,15,18,21H,11,13-14H2,1-5H3. The molecule has 0 aromatic rings. The first kappa shape index (κ1) is 17.7. The van der Waals surface area contributed by atoms with E-state index >= 15 is 0 Å². The third kappa shape index (κ3) is 6.31. The molecule has 0 heterocycles. The zero-order chi connectivity index (χ0) is 15.9. The number of aliphatic hydroxyl groups excluding tert-OH is 1. The van der Waals surface area contributed by atoms with E-state index in [1.807, 2.05) is 19.1 Å². The Bertz CT molecular complexity index is 484. The second-order valence-electron chi connectivity index (χ2n) is 6.76. The van der Waals surface area contributed by atoms with Crippen LogP contribution in [0.5, 0.6) is 0 Å². The molecule has 0 saturated carbocycles. The maximum atomic E-state index is 8.80. The Balaban J connectivity index is 2.73. The summed E-state index contributed by atoms with van der Waals surface area (Å²) in [5, 5.41) is 8.80. The van der Waals surface area contributed by atoms with E-state index in [0.717, 1.165) is 5.57 Å². The predicted octanol–water partition coefficient (Wildman–Crippen LogP) is 5.37. The van der Waals surface area contributed by atoms with Crippen LogP contribution >= 0.6 is 0 Å². The molecule has 21 heavy (non-hydrogen) atoms. The Morgan fingerprint density at radius 1 is 1.29 bits per heavy atom. The minimum atomic E-state index is 0.0974. The topological polar surface area (TPSA) is 20.2 Å². The van der Waals surface area contributed by atoms with E-state index in [9.17, 15) is 0 Å². The van der Waals surface area contributed by atoms with Gasteiger partial charge in [0.2, 0.25) is 0 Å². The molecule has 0 saturated heterocycles. The van der Waals surface area contributed by atoms with Crippen molar-refractivity contribution in [3.63, 3.8) is 0 Å². The van der Waals surface area contributed by atoms with Gasteiger partial charge in [0.1, 0.15) is 0 Å². The molecule has 0 radical (unpaired) electrons. The lowest BCUT2D eigenvalue weighted by Gasteiger charge is -2.32. The Labute approximate surface area is 130 Å². The SMILES string of the molecule is CC(C=CC1=CC(C)CCC1(C)C)=CC=CC(C)=CCO. The van der Waals surface area contributed by atoms with Crippen molar-refractivity contribution in [2.24, 2.45) is 11.3 Å². The summed E-state index contributed by atoms with van der Waals surface area (Å²) in [6, 6.07) is 0. The van der Waals surface area contributed by atoms with Gasteiger partial charge in [0.25, 0.3) is 0 Å². The van der Waals surface area contributed by atoms with Gasteiger partial charge in [0.15, 0.2) is 0 Å². The summed E-state index contributed by atoms with van der Waals surface area (Å²) in [4.78, 5) is 0. The van der Waals surface area contributed by atoms with E-state index in [2.05, 4.69) is 52.0 Å². The molecule has 1 N–H and O–H groups in total. The highest BCUT2D eigenvalue weighted by atomic mass is 16.2. The fraction of sp³-hybridized carbons (Fsp3) is 0.500. The van der Waals surface area contributed by atoms with Crippen LogP contribution in [0.1, 0.15) is 47.5 Å². The molecular formula is C20H30O. The van der Waals surface area contributed by atoms with Gasteiger partial charge in [0, 0.05) is 0 Å². The molecule has 0 bridgehead atoms. The van der Waals surface area contributed by atoms with Gasteiger partial charge in [-0.3, -0.25) is 0 Å². The van der Waals surface area contributed by atoms with E-state index in [0.29, 0.717) is 11.3 Å². The summed E-state index contributed by atoms with van der Waals surface area (Å²) < 4.78 is 0. The van der Waals surface area contributed by atoms with Gasteiger partial charge in [-0.15, -0.1) is 0 Å². The number of hydrogen-bond donors (Lipinski definition) is 1. The van der Waals surface area contributed by atoms with Crippen molar-refractivity contribution in [1.29, 1.82) is 0 Å². The van der Waals surface area contributed by atoms with Gasteiger partial charge in [0.05, 0.1) is 6.61 Å². The Morgan fingerprint density at radius 2 is 2.00 bits per heavy atom. The summed E-state index contributed by atoms with van der Waals surface area (Å²) in [7, 11) is 0. The number of rotatable bonds is 5. The van der Waals surface area contributed by atoms with Crippen LogP contribution in [0.15, 0.2) is 59.3 Å². The van der Waals surface area contributed by atoms with Crippen LogP contribution < -0.4 is 0 Å². The quantitative estimate of drug-likeness (QED) is 0.674. The second-order valence-corrected chi connectivity index (χ2v) is 6.76. The third-order valence-electron chi connectivity index (χ3n) is 4.13. The zero-order valence-electron chi connectivity index (χ0n) is 14.2. The van der Waals surface area contributed by atoms with Crippen LogP contribution in [0.3, 0.4) is 0 Å². The largest absolute Gasteiger partial charge is 0.392 e. The molecule has 1 unspecified atom stereocenters. The fourth-order valence-corrected chi connectivity index (χ4v) is 2.47. The molecule has 1 aliphatic carbocycles. The lowest BCUT2D eigenvalue weighted by Crippen LogP contribution is -2.19. The number of aliphatic hydroxyl groups is 1. The highest BCUT2D eigenvalue weighted by molar-refractivity contribution is 5.34. The summed E-state index contributed by atoms with van der Waals surface area (Å²) in [6.45, 7) is 11.2. The fourth-order valence-electron chi connectivity index (χ4n) is 2.47. The minimum Gasteiger partial charge on any atom is -0.392 e. The van der Waals surface area contributed by atoms with E-state index < -0.39 is 0 Å². The third-order valence-corrected chi connectivity index (χ3v) is 4.13. The van der Waals surface area contributed by atoms with Crippen molar-refractivity contribution < 1.29 is 5.11 Å². The summed E-state index contributed by atoms with van der Waals surface area (Å²) in [6.07, 6.45) is 17.4. The molecule has 1 heteroatoms. The van der Waals surface area contributed by atoms with E-state index in [1.54, 1.807) is 6.08 Å². The molecule has 0 aliphatic heterocycles. The Hall–Kier alpha value is -1.34. The molecule has 0 amide bonds. The highest BCUT2D eigenvalue weighted by Gasteiger charge is 2.26. The van der Waals surface area contributed by atoms with E-state index in [-0.39, 0.29) is 6.61 Å². The zero-order valence-corrected chi connectivity index (χ0v) is 14.2. The smallest absolute Gasteiger partial charge is 0.0617 e. The first-order valence-corrected chi connectivity index (χ1v) is 7.88. The predicted molar refractivity (Wildman–Crippen MR) is 93.1 cm³/mol. The van der Waals surface area contributed by atoms with Crippen molar-refractivity contribution in [3.8, 4) is 0 Å². The van der Waals surface area contributed by atoms with Crippen molar-refractivity contribution in [3.05, 3.63) is 59.3 Å². The van der Waals surface area contributed by atoms with Crippen LogP contribution in [0.2, 0.25) is 0 Å². The molecule has 0 fully saturated rings. The van der Waals surface area contributed by atoms with Crippen LogP contribution in [-0.2, 0) is 0 Å². The van der Waals surface area contributed by atoms with Crippen LogP contribution in [0, 0.1) is 11.3 Å². The van der Waals surface area contributed by atoms with Crippen molar-refractivity contribution in [1.82, 2.24) is 0 Å². The van der Waals surface area contributed by atoms with E-state index in [4.69, 9.17) is 5.11 Å². The molecule has 0 aromatic heterocycles. The lowest BCUT2D eigenvalue weighted by atomic mass is 9.73. The molecule has 1 nitrogen and oxygen atoms in total. The molecule has 0 aromatic carbocycles. The average Bonchev–Trinajstić information content (AvgIpc) is 2.40. The van der Waals surface area contributed by atoms with Crippen LogP contribution in [0.4, 0.5) is 0 Å². The van der Waals surface area contributed by atoms with Crippen molar-refractivity contribution in [2.75, 3.05) is 6.61 Å². The molecule has 1 aliphatic rings. The maximum absolute atomic E-state index is 8.80. The molecule has 1 rings (SSSR count). The van der Waals surface area contributed by atoms with Gasteiger partial charge in [-0.25, -0.2) is 0 Å². The highest BCUT2D eigenvalue weighted by Crippen LogP contribution is 2.39.